The Morgan fingerprint density at radius 2 is 1.86 bits per heavy atom. The van der Waals surface area contributed by atoms with Gasteiger partial charge in [0.25, 0.3) is 11.6 Å². The van der Waals surface area contributed by atoms with E-state index in [2.05, 4.69) is 5.32 Å². The Bertz CT molecular complexity index is 1090. The van der Waals surface area contributed by atoms with E-state index in [1.807, 2.05) is 0 Å². The van der Waals surface area contributed by atoms with E-state index in [1.165, 1.54) is 6.07 Å². The van der Waals surface area contributed by atoms with Crippen LogP contribution in [0.15, 0.2) is 41.3 Å². The van der Waals surface area contributed by atoms with Crippen molar-refractivity contribution >= 4 is 50.6 Å². The monoisotopic (exact) mass is 460 g/mol. The number of carbonyl (C=O) groups is 2. The van der Waals surface area contributed by atoms with Crippen LogP contribution in [0.4, 0.5) is 5.69 Å². The first-order valence-electron chi connectivity index (χ1n) is 7.85. The maximum Gasteiger partial charge on any atom is 0.338 e. The second kappa shape index (κ2) is 9.21. The lowest BCUT2D eigenvalue weighted by atomic mass is 10.2. The molecule has 154 valence electrons. The van der Waals surface area contributed by atoms with Crippen LogP contribution in [0.2, 0.25) is 10.0 Å². The molecule has 1 N–H and O–H groups in total. The van der Waals surface area contributed by atoms with E-state index >= 15 is 0 Å². The van der Waals surface area contributed by atoms with E-state index in [9.17, 15) is 28.1 Å². The van der Waals surface area contributed by atoms with E-state index < -0.39 is 43.8 Å². The zero-order valence-corrected chi connectivity index (χ0v) is 17.2. The molecule has 0 aliphatic heterocycles. The Labute approximate surface area is 175 Å². The van der Waals surface area contributed by atoms with Crippen molar-refractivity contribution in [3.05, 3.63) is 67.7 Å². The highest BCUT2D eigenvalue weighted by Crippen LogP contribution is 2.25. The lowest BCUT2D eigenvalue weighted by Gasteiger charge is -2.09. The number of hydrogen-bond donors (Lipinski definition) is 1. The number of rotatable bonds is 7. The lowest BCUT2D eigenvalue weighted by molar-refractivity contribution is -0.387. The van der Waals surface area contributed by atoms with Gasteiger partial charge in [-0.05, 0) is 29.8 Å². The summed E-state index contributed by atoms with van der Waals surface area (Å²) in [5.74, 6) is -1.65. The average Bonchev–Trinajstić information content (AvgIpc) is 2.64. The summed E-state index contributed by atoms with van der Waals surface area (Å²) in [6, 6.07) is 7.52. The number of ether oxygens (including phenoxy) is 1. The fourth-order valence-corrected chi connectivity index (χ4v) is 3.53. The molecule has 29 heavy (non-hydrogen) atoms. The molecule has 0 radical (unpaired) electrons. The van der Waals surface area contributed by atoms with Crippen molar-refractivity contribution in [1.82, 2.24) is 5.32 Å². The highest BCUT2D eigenvalue weighted by molar-refractivity contribution is 7.90. The Balaban J connectivity index is 2.00. The van der Waals surface area contributed by atoms with Crippen LogP contribution < -0.4 is 5.32 Å². The maximum atomic E-state index is 12.0. The smallest absolute Gasteiger partial charge is 0.338 e. The number of carbonyl (C=O) groups excluding carboxylic acids is 2. The number of nitro groups is 1. The van der Waals surface area contributed by atoms with E-state index in [0.29, 0.717) is 15.6 Å². The minimum absolute atomic E-state index is 0.0704. The minimum atomic E-state index is -3.86. The van der Waals surface area contributed by atoms with Gasteiger partial charge in [-0.15, -0.1) is 0 Å². The van der Waals surface area contributed by atoms with Gasteiger partial charge in [0.05, 0.1) is 10.5 Å². The molecule has 12 heteroatoms. The standard InChI is InChI=1S/C17H14Cl2N2O7S/c1-29(26,27)15-5-3-10(6-14(15)21(24)25)17(23)28-9-16(22)20-8-11-2-4-12(18)7-13(11)19/h2-7H,8-9H2,1H3,(H,20,22). The van der Waals surface area contributed by atoms with Crippen LogP contribution in [0.3, 0.4) is 0 Å². The highest BCUT2D eigenvalue weighted by atomic mass is 35.5. The molecule has 2 rings (SSSR count). The molecule has 0 aromatic heterocycles. The second-order valence-electron chi connectivity index (χ2n) is 5.80. The van der Waals surface area contributed by atoms with Crippen LogP contribution in [-0.4, -0.2) is 38.1 Å². The summed E-state index contributed by atoms with van der Waals surface area (Å²) in [6.45, 7) is -0.577. The largest absolute Gasteiger partial charge is 0.452 e. The predicted octanol–water partition coefficient (Wildman–Crippen LogP) is 2.78. The summed E-state index contributed by atoms with van der Waals surface area (Å²) in [4.78, 5) is 33.5. The first-order valence-corrected chi connectivity index (χ1v) is 10.5. The van der Waals surface area contributed by atoms with Crippen molar-refractivity contribution in [2.45, 2.75) is 11.4 Å². The fraction of sp³-hybridized carbons (Fsp3) is 0.176. The zero-order valence-electron chi connectivity index (χ0n) is 14.8. The number of nitro benzene ring substituents is 1. The van der Waals surface area contributed by atoms with Crippen molar-refractivity contribution < 1.29 is 27.7 Å². The topological polar surface area (TPSA) is 133 Å². The molecule has 2 aromatic carbocycles. The van der Waals surface area contributed by atoms with E-state index in [4.69, 9.17) is 27.9 Å². The number of nitrogens with one attached hydrogen (secondary N) is 1. The summed E-state index contributed by atoms with van der Waals surface area (Å²) in [7, 11) is -3.86. The summed E-state index contributed by atoms with van der Waals surface area (Å²) < 4.78 is 28.0. The van der Waals surface area contributed by atoms with Crippen molar-refractivity contribution in [2.24, 2.45) is 0 Å². The highest BCUT2D eigenvalue weighted by Gasteiger charge is 2.24. The fourth-order valence-electron chi connectivity index (χ4n) is 2.22. The Morgan fingerprint density at radius 3 is 2.45 bits per heavy atom. The first-order chi connectivity index (χ1) is 13.5. The molecule has 0 saturated heterocycles. The molecule has 0 atom stereocenters. The van der Waals surface area contributed by atoms with E-state index in [1.54, 1.807) is 12.1 Å². The van der Waals surface area contributed by atoms with Crippen LogP contribution in [-0.2, 0) is 25.9 Å². The summed E-state index contributed by atoms with van der Waals surface area (Å²) >= 11 is 11.8. The van der Waals surface area contributed by atoms with Crippen LogP contribution in [0.25, 0.3) is 0 Å². The van der Waals surface area contributed by atoms with E-state index in [-0.39, 0.29) is 12.1 Å². The van der Waals surface area contributed by atoms with Gasteiger partial charge in [-0.1, -0.05) is 29.3 Å². The third-order valence-corrected chi connectivity index (χ3v) is 5.35. The molecule has 9 nitrogen and oxygen atoms in total. The SMILES string of the molecule is CS(=O)(=O)c1ccc(C(=O)OCC(=O)NCc2ccc(Cl)cc2Cl)cc1[N+](=O)[O-]. The molecule has 0 bridgehead atoms. The summed E-state index contributed by atoms with van der Waals surface area (Å²) in [6.07, 6.45) is 0.810. The summed E-state index contributed by atoms with van der Waals surface area (Å²) in [5.41, 5.74) is -0.427. The van der Waals surface area contributed by atoms with Gasteiger partial charge in [0.1, 0.15) is 4.90 Å². The molecule has 1 amide bonds. The van der Waals surface area contributed by atoms with Gasteiger partial charge in [0.15, 0.2) is 16.4 Å². The third-order valence-electron chi connectivity index (χ3n) is 3.62. The van der Waals surface area contributed by atoms with Crippen molar-refractivity contribution in [2.75, 3.05) is 12.9 Å². The molecule has 0 fully saturated rings. The minimum Gasteiger partial charge on any atom is -0.452 e. The van der Waals surface area contributed by atoms with Gasteiger partial charge in [-0.25, -0.2) is 13.2 Å². The Kier molecular flexibility index (Phi) is 7.17. The van der Waals surface area contributed by atoms with Crippen LogP contribution in [0.1, 0.15) is 15.9 Å². The average molecular weight is 461 g/mol. The van der Waals surface area contributed by atoms with Crippen LogP contribution in [0.5, 0.6) is 0 Å². The van der Waals surface area contributed by atoms with Crippen molar-refractivity contribution in [3.63, 3.8) is 0 Å². The number of nitrogens with zero attached hydrogens (tertiary/aromatic N) is 1. The van der Waals surface area contributed by atoms with Gasteiger partial charge in [-0.2, -0.15) is 0 Å². The van der Waals surface area contributed by atoms with Gasteiger partial charge < -0.3 is 10.1 Å². The molecule has 0 spiro atoms. The number of sulfone groups is 1. The maximum absolute atomic E-state index is 12.0. The first kappa shape index (κ1) is 22.6. The molecule has 0 aliphatic carbocycles. The number of hydrogen-bond acceptors (Lipinski definition) is 7. The molecule has 2 aromatic rings. The third kappa shape index (κ3) is 6.14. The Morgan fingerprint density at radius 1 is 1.17 bits per heavy atom. The molecular formula is C17H14Cl2N2O7S. The molecule has 0 aliphatic rings. The molecular weight excluding hydrogens is 447 g/mol. The molecule has 0 heterocycles. The van der Waals surface area contributed by atoms with Crippen molar-refractivity contribution in [3.8, 4) is 0 Å². The normalized spacial score (nSPS) is 11.0. The quantitative estimate of drug-likeness (QED) is 0.381. The number of esters is 1. The molecule has 0 saturated carbocycles. The van der Waals surface area contributed by atoms with Gasteiger partial charge in [0.2, 0.25) is 0 Å². The lowest BCUT2D eigenvalue weighted by Crippen LogP contribution is -2.28. The number of halogens is 2. The molecule has 0 unspecified atom stereocenters. The van der Waals surface area contributed by atoms with Gasteiger partial charge >= 0.3 is 5.97 Å². The van der Waals surface area contributed by atoms with Gasteiger partial charge in [-0.3, -0.25) is 14.9 Å². The van der Waals surface area contributed by atoms with E-state index in [0.717, 1.165) is 24.5 Å². The van der Waals surface area contributed by atoms with Gasteiger partial charge in [0, 0.05) is 28.9 Å². The van der Waals surface area contributed by atoms with Crippen LogP contribution in [0, 0.1) is 10.1 Å². The number of amides is 1. The van der Waals surface area contributed by atoms with Crippen molar-refractivity contribution in [1.29, 1.82) is 0 Å². The Hall–Kier alpha value is -2.69. The predicted molar refractivity (Wildman–Crippen MR) is 105 cm³/mol. The van der Waals surface area contributed by atoms with Crippen LogP contribution >= 0.6 is 23.2 Å². The zero-order chi connectivity index (χ0) is 21.8. The second-order valence-corrected chi connectivity index (χ2v) is 8.63. The summed E-state index contributed by atoms with van der Waals surface area (Å²) in [5, 5.41) is 14.4. The number of benzene rings is 2.